The summed E-state index contributed by atoms with van der Waals surface area (Å²) in [6.07, 6.45) is 3.53. The normalized spacial score (nSPS) is 17.9. The van der Waals surface area contributed by atoms with Crippen molar-refractivity contribution in [3.8, 4) is 16.9 Å². The molecule has 1 fully saturated rings. The van der Waals surface area contributed by atoms with Crippen molar-refractivity contribution in [3.05, 3.63) is 65.5 Å². The molecule has 2 heterocycles. The molecule has 1 atom stereocenters. The van der Waals surface area contributed by atoms with Crippen LogP contribution in [0.15, 0.2) is 48.7 Å². The van der Waals surface area contributed by atoms with Gasteiger partial charge in [0, 0.05) is 30.4 Å². The molecule has 3 aromatic rings. The Morgan fingerprint density at radius 2 is 1.97 bits per heavy atom. The van der Waals surface area contributed by atoms with E-state index in [0.29, 0.717) is 19.5 Å². The zero-order valence-corrected chi connectivity index (χ0v) is 16.3. The number of fused-ring (bicyclic) bond motifs is 3. The predicted molar refractivity (Wildman–Crippen MR) is 110 cm³/mol. The third-order valence-electron chi connectivity index (χ3n) is 5.84. The van der Waals surface area contributed by atoms with Gasteiger partial charge in [-0.3, -0.25) is 9.48 Å². The summed E-state index contributed by atoms with van der Waals surface area (Å²) < 4.78 is 7.22. The minimum Gasteiger partial charge on any atom is -0.497 e. The molecule has 2 aromatic carbocycles. The largest absolute Gasteiger partial charge is 0.497 e. The van der Waals surface area contributed by atoms with E-state index in [9.17, 15) is 9.90 Å². The highest BCUT2D eigenvalue weighted by molar-refractivity contribution is 5.99. The molecule has 1 amide bonds. The zero-order chi connectivity index (χ0) is 20.0. The van der Waals surface area contributed by atoms with E-state index in [-0.39, 0.29) is 5.91 Å². The molecule has 1 saturated heterocycles. The van der Waals surface area contributed by atoms with Crippen molar-refractivity contribution in [3.63, 3.8) is 0 Å². The predicted octanol–water partition coefficient (Wildman–Crippen LogP) is 2.80. The maximum atomic E-state index is 12.1. The van der Waals surface area contributed by atoms with E-state index in [2.05, 4.69) is 30.5 Å². The lowest BCUT2D eigenvalue weighted by Crippen LogP contribution is -2.29. The number of methoxy groups -OCH3 is 1. The molecule has 6 nitrogen and oxygen atoms in total. The Bertz CT molecular complexity index is 1070. The van der Waals surface area contributed by atoms with Gasteiger partial charge in [0.25, 0.3) is 5.91 Å². The fraction of sp³-hybridized carbons (Fsp3) is 0.304. The van der Waals surface area contributed by atoms with Crippen LogP contribution in [0.3, 0.4) is 0 Å². The highest BCUT2D eigenvalue weighted by Crippen LogP contribution is 2.36. The van der Waals surface area contributed by atoms with Gasteiger partial charge in [-0.2, -0.15) is 5.10 Å². The van der Waals surface area contributed by atoms with E-state index in [1.165, 1.54) is 22.3 Å². The van der Waals surface area contributed by atoms with E-state index in [1.54, 1.807) is 12.0 Å². The number of rotatable bonds is 4. The van der Waals surface area contributed by atoms with Crippen molar-refractivity contribution in [1.82, 2.24) is 9.78 Å². The van der Waals surface area contributed by atoms with Crippen LogP contribution in [-0.4, -0.2) is 40.6 Å². The third-order valence-corrected chi connectivity index (χ3v) is 5.84. The van der Waals surface area contributed by atoms with E-state index in [4.69, 9.17) is 9.84 Å². The Morgan fingerprint density at radius 3 is 2.69 bits per heavy atom. The zero-order valence-electron chi connectivity index (χ0n) is 16.3. The van der Waals surface area contributed by atoms with Crippen LogP contribution in [0, 0.1) is 0 Å². The first-order valence-electron chi connectivity index (χ1n) is 9.94. The first-order chi connectivity index (χ1) is 14.1. The van der Waals surface area contributed by atoms with E-state index < -0.39 is 6.10 Å². The van der Waals surface area contributed by atoms with Gasteiger partial charge >= 0.3 is 0 Å². The number of hydrogen-bond donors (Lipinski definition) is 1. The molecular formula is C23H23N3O3. The van der Waals surface area contributed by atoms with Crippen molar-refractivity contribution in [1.29, 1.82) is 0 Å². The van der Waals surface area contributed by atoms with E-state index in [0.717, 1.165) is 30.0 Å². The highest BCUT2D eigenvalue weighted by Gasteiger charge is 2.31. The van der Waals surface area contributed by atoms with Gasteiger partial charge in [0.05, 0.1) is 19.3 Å². The maximum absolute atomic E-state index is 12.1. The topological polar surface area (TPSA) is 67.6 Å². The lowest BCUT2D eigenvalue weighted by molar-refractivity contribution is -0.123. The molecule has 0 saturated carbocycles. The number of aryl methyl sites for hydroxylation is 2. The Labute approximate surface area is 169 Å². The fourth-order valence-corrected chi connectivity index (χ4v) is 4.26. The van der Waals surface area contributed by atoms with Crippen LogP contribution in [0.25, 0.3) is 11.1 Å². The van der Waals surface area contributed by atoms with Crippen LogP contribution in [0.5, 0.6) is 5.75 Å². The molecular weight excluding hydrogens is 366 g/mol. The summed E-state index contributed by atoms with van der Waals surface area (Å²) >= 11 is 0. The summed E-state index contributed by atoms with van der Waals surface area (Å²) in [5.74, 6) is 0.649. The Kier molecular flexibility index (Phi) is 4.36. The molecule has 1 aromatic heterocycles. The molecule has 148 valence electrons. The summed E-state index contributed by atoms with van der Waals surface area (Å²) in [4.78, 5) is 13.8. The van der Waals surface area contributed by atoms with Crippen molar-refractivity contribution in [2.45, 2.75) is 31.9 Å². The van der Waals surface area contributed by atoms with Crippen LogP contribution < -0.4 is 9.64 Å². The Morgan fingerprint density at radius 1 is 1.14 bits per heavy atom. The van der Waals surface area contributed by atoms with Crippen molar-refractivity contribution >= 4 is 11.6 Å². The molecule has 0 bridgehead atoms. The van der Waals surface area contributed by atoms with Crippen molar-refractivity contribution in [2.75, 3.05) is 18.6 Å². The molecule has 6 heteroatoms. The van der Waals surface area contributed by atoms with Crippen LogP contribution in [-0.2, 0) is 24.2 Å². The van der Waals surface area contributed by atoms with Gasteiger partial charge in [0.2, 0.25) is 0 Å². The molecule has 0 spiro atoms. The minimum absolute atomic E-state index is 0.200. The molecule has 29 heavy (non-hydrogen) atoms. The molecule has 0 radical (unpaired) electrons. The lowest BCUT2D eigenvalue weighted by atomic mass is 9.89. The average molecular weight is 389 g/mol. The minimum atomic E-state index is -0.867. The van der Waals surface area contributed by atoms with Crippen LogP contribution >= 0.6 is 0 Å². The fourth-order valence-electron chi connectivity index (χ4n) is 4.26. The van der Waals surface area contributed by atoms with E-state index in [1.807, 2.05) is 22.9 Å². The second-order valence-corrected chi connectivity index (χ2v) is 7.67. The summed E-state index contributed by atoms with van der Waals surface area (Å²) in [5, 5.41) is 14.5. The van der Waals surface area contributed by atoms with E-state index >= 15 is 0 Å². The summed E-state index contributed by atoms with van der Waals surface area (Å²) in [6.45, 7) is 1.29. The van der Waals surface area contributed by atoms with Gasteiger partial charge < -0.3 is 14.7 Å². The van der Waals surface area contributed by atoms with Gasteiger partial charge in [-0.25, -0.2) is 0 Å². The number of carbonyl (C=O) groups is 1. The van der Waals surface area contributed by atoms with Gasteiger partial charge in [-0.15, -0.1) is 0 Å². The molecule has 1 aliphatic carbocycles. The van der Waals surface area contributed by atoms with Gasteiger partial charge in [-0.1, -0.05) is 18.2 Å². The summed E-state index contributed by atoms with van der Waals surface area (Å²) in [6, 6.07) is 14.2. The third kappa shape index (κ3) is 3.19. The molecule has 2 aliphatic rings. The number of anilines is 1. The standard InChI is InChI=1S/C23H23N3O3/c1-29-18-6-2-15(3-7-18)13-25-14-20-19-8-5-17(26-11-10-22(27)23(26)28)12-16(19)4-9-21(20)24-25/h2-3,5-8,12,14,22,27H,4,9-11,13H2,1H3/t22-/m1/s1. The number of benzene rings is 2. The Balaban J connectivity index is 1.41. The highest BCUT2D eigenvalue weighted by atomic mass is 16.5. The van der Waals surface area contributed by atoms with Crippen LogP contribution in [0.1, 0.15) is 23.2 Å². The van der Waals surface area contributed by atoms with Crippen molar-refractivity contribution in [2.24, 2.45) is 0 Å². The number of aliphatic hydroxyl groups excluding tert-OH is 1. The number of ether oxygens (including phenoxy) is 1. The van der Waals surface area contributed by atoms with Gasteiger partial charge in [0.1, 0.15) is 11.9 Å². The number of amides is 1. The molecule has 0 unspecified atom stereocenters. The molecule has 5 rings (SSSR count). The second-order valence-electron chi connectivity index (χ2n) is 7.67. The lowest BCUT2D eigenvalue weighted by Gasteiger charge is -2.21. The number of nitrogens with zero attached hydrogens (tertiary/aromatic N) is 3. The monoisotopic (exact) mass is 389 g/mol. The first kappa shape index (κ1) is 17.9. The number of hydrogen-bond acceptors (Lipinski definition) is 4. The van der Waals surface area contributed by atoms with Gasteiger partial charge in [0.15, 0.2) is 0 Å². The summed E-state index contributed by atoms with van der Waals surface area (Å²) in [7, 11) is 1.67. The smallest absolute Gasteiger partial charge is 0.255 e. The van der Waals surface area contributed by atoms with Crippen LogP contribution in [0.4, 0.5) is 5.69 Å². The maximum Gasteiger partial charge on any atom is 0.255 e. The SMILES string of the molecule is COc1ccc(Cn2cc3c(n2)CCc2cc(N4CC[C@@H](O)C4=O)ccc2-3)cc1. The first-order valence-corrected chi connectivity index (χ1v) is 9.94. The Hall–Kier alpha value is -3.12. The second kappa shape index (κ2) is 7.04. The molecule has 1 N–H and O–H groups in total. The van der Waals surface area contributed by atoms with Crippen molar-refractivity contribution < 1.29 is 14.6 Å². The molecule has 1 aliphatic heterocycles. The van der Waals surface area contributed by atoms with Gasteiger partial charge in [-0.05, 0) is 53.8 Å². The average Bonchev–Trinajstić information content (AvgIpc) is 3.31. The quantitative estimate of drug-likeness (QED) is 0.745. The van der Waals surface area contributed by atoms with Crippen LogP contribution in [0.2, 0.25) is 0 Å². The number of aromatic nitrogens is 2. The number of carbonyl (C=O) groups excluding carboxylic acids is 1. The number of aliphatic hydroxyl groups is 1. The summed E-state index contributed by atoms with van der Waals surface area (Å²) in [5.41, 5.74) is 6.74.